The largest absolute Gasteiger partial charge is 0.487 e. The molecule has 1 saturated heterocycles. The number of hydrogen-bond acceptors (Lipinski definition) is 5. The van der Waals surface area contributed by atoms with Gasteiger partial charge in [0.2, 0.25) is 6.79 Å². The van der Waals surface area contributed by atoms with E-state index in [-0.39, 0.29) is 6.10 Å². The van der Waals surface area contributed by atoms with Crippen LogP contribution in [0.15, 0.2) is 42.7 Å². The average molecular weight is 324 g/mol. The first kappa shape index (κ1) is 14.1. The lowest BCUT2D eigenvalue weighted by Crippen LogP contribution is -2.35. The fourth-order valence-electron chi connectivity index (χ4n) is 4.25. The molecule has 5 nitrogen and oxygen atoms in total. The summed E-state index contributed by atoms with van der Waals surface area (Å²) in [5.74, 6) is 3.20. The van der Waals surface area contributed by atoms with Gasteiger partial charge in [-0.05, 0) is 42.7 Å². The standard InChI is InChI=1S/C19H20N2O3/c1-2-15(9-20-7-1)24-19-14-4-5-16(19)21(11-14)10-13-3-6-17-18(8-13)23-12-22-17/h1-3,6-9,14,16,19H,4-5,10-12H2/t14-,16+,19-/m0/s1. The number of hydrogen-bond donors (Lipinski definition) is 0. The maximum atomic E-state index is 6.26. The number of nitrogens with zero attached hydrogens (tertiary/aromatic N) is 2. The second kappa shape index (κ2) is 5.67. The van der Waals surface area contributed by atoms with Gasteiger partial charge in [-0.2, -0.15) is 0 Å². The molecule has 5 rings (SSSR count). The molecule has 5 heteroatoms. The van der Waals surface area contributed by atoms with Crippen molar-refractivity contribution in [3.63, 3.8) is 0 Å². The van der Waals surface area contributed by atoms with Crippen LogP contribution >= 0.6 is 0 Å². The number of rotatable bonds is 4. The Hall–Kier alpha value is -2.27. The van der Waals surface area contributed by atoms with Crippen molar-refractivity contribution in [1.29, 1.82) is 0 Å². The fraction of sp³-hybridized carbons (Fsp3) is 0.421. The minimum Gasteiger partial charge on any atom is -0.487 e. The highest BCUT2D eigenvalue weighted by Crippen LogP contribution is 2.41. The first-order valence-corrected chi connectivity index (χ1v) is 8.56. The van der Waals surface area contributed by atoms with Crippen molar-refractivity contribution in [3.8, 4) is 17.2 Å². The molecule has 3 atom stereocenters. The van der Waals surface area contributed by atoms with E-state index in [4.69, 9.17) is 14.2 Å². The monoisotopic (exact) mass is 324 g/mol. The van der Waals surface area contributed by atoms with Crippen molar-refractivity contribution in [1.82, 2.24) is 9.88 Å². The number of pyridine rings is 1. The molecule has 1 saturated carbocycles. The molecular weight excluding hydrogens is 304 g/mol. The van der Waals surface area contributed by atoms with Gasteiger partial charge < -0.3 is 14.2 Å². The first-order valence-electron chi connectivity index (χ1n) is 8.56. The van der Waals surface area contributed by atoms with E-state index in [2.05, 4.69) is 22.0 Å². The van der Waals surface area contributed by atoms with Crippen LogP contribution in [0.5, 0.6) is 17.2 Å². The minimum absolute atomic E-state index is 0.281. The number of piperidine rings is 1. The van der Waals surface area contributed by atoms with Crippen LogP contribution in [-0.2, 0) is 6.54 Å². The Morgan fingerprint density at radius 3 is 3.04 bits per heavy atom. The summed E-state index contributed by atoms with van der Waals surface area (Å²) >= 11 is 0. The molecule has 3 heterocycles. The van der Waals surface area contributed by atoms with Gasteiger partial charge >= 0.3 is 0 Å². The van der Waals surface area contributed by atoms with E-state index in [0.717, 1.165) is 30.3 Å². The third-order valence-electron chi connectivity index (χ3n) is 5.34. The van der Waals surface area contributed by atoms with Gasteiger partial charge in [-0.1, -0.05) is 6.07 Å². The number of benzene rings is 1. The molecule has 3 aliphatic rings. The molecule has 24 heavy (non-hydrogen) atoms. The van der Waals surface area contributed by atoms with Crippen molar-refractivity contribution in [2.75, 3.05) is 13.3 Å². The number of aromatic nitrogens is 1. The Kier molecular flexibility index (Phi) is 3.33. The topological polar surface area (TPSA) is 43.8 Å². The molecule has 1 aliphatic carbocycles. The van der Waals surface area contributed by atoms with Crippen molar-refractivity contribution < 1.29 is 14.2 Å². The molecule has 2 aliphatic heterocycles. The predicted molar refractivity (Wildman–Crippen MR) is 88.1 cm³/mol. The van der Waals surface area contributed by atoms with E-state index in [0.29, 0.717) is 18.8 Å². The maximum Gasteiger partial charge on any atom is 0.231 e. The predicted octanol–water partition coefficient (Wildman–Crippen LogP) is 2.85. The lowest BCUT2D eigenvalue weighted by Gasteiger charge is -2.27. The molecule has 0 radical (unpaired) electrons. The van der Waals surface area contributed by atoms with Crippen LogP contribution < -0.4 is 14.2 Å². The molecule has 1 aromatic heterocycles. The van der Waals surface area contributed by atoms with E-state index in [9.17, 15) is 0 Å². The smallest absolute Gasteiger partial charge is 0.231 e. The number of likely N-dealkylation sites (tertiary alicyclic amines) is 1. The van der Waals surface area contributed by atoms with E-state index in [1.807, 2.05) is 18.2 Å². The molecule has 2 aromatic rings. The second-order valence-corrected chi connectivity index (χ2v) is 6.79. The Morgan fingerprint density at radius 1 is 1.17 bits per heavy atom. The quantitative estimate of drug-likeness (QED) is 0.865. The SMILES string of the molecule is c1cncc(O[C@H]2[C@H]3CC[C@H]2N(Cc2ccc4c(c2)OCO4)C3)c1. The van der Waals surface area contributed by atoms with Crippen LogP contribution in [0.1, 0.15) is 18.4 Å². The van der Waals surface area contributed by atoms with Gasteiger partial charge in [0, 0.05) is 31.2 Å². The molecule has 124 valence electrons. The summed E-state index contributed by atoms with van der Waals surface area (Å²) in [6.07, 6.45) is 6.33. The summed E-state index contributed by atoms with van der Waals surface area (Å²) in [7, 11) is 0. The summed E-state index contributed by atoms with van der Waals surface area (Å²) in [5.41, 5.74) is 1.27. The summed E-state index contributed by atoms with van der Waals surface area (Å²) in [6, 6.07) is 10.7. The molecule has 0 unspecified atom stereocenters. The normalized spacial score (nSPS) is 27.6. The highest BCUT2D eigenvalue weighted by atomic mass is 16.7. The third-order valence-corrected chi connectivity index (χ3v) is 5.34. The number of fused-ring (bicyclic) bond motifs is 3. The minimum atomic E-state index is 0.281. The van der Waals surface area contributed by atoms with Crippen LogP contribution in [0.2, 0.25) is 0 Å². The average Bonchev–Trinajstić information content (AvgIpc) is 3.30. The maximum absolute atomic E-state index is 6.26. The van der Waals surface area contributed by atoms with Crippen LogP contribution in [0.25, 0.3) is 0 Å². The van der Waals surface area contributed by atoms with Gasteiger partial charge in [0.15, 0.2) is 11.5 Å². The van der Waals surface area contributed by atoms with Gasteiger partial charge in [-0.3, -0.25) is 9.88 Å². The highest BCUT2D eigenvalue weighted by molar-refractivity contribution is 5.44. The summed E-state index contributed by atoms with van der Waals surface area (Å²) in [4.78, 5) is 6.70. The van der Waals surface area contributed by atoms with Crippen molar-refractivity contribution in [3.05, 3.63) is 48.3 Å². The van der Waals surface area contributed by atoms with Gasteiger partial charge in [-0.15, -0.1) is 0 Å². The molecular formula is C19H20N2O3. The molecule has 0 N–H and O–H groups in total. The zero-order valence-corrected chi connectivity index (χ0v) is 13.4. The van der Waals surface area contributed by atoms with Crippen molar-refractivity contribution in [2.24, 2.45) is 5.92 Å². The molecule has 0 spiro atoms. The Labute approximate surface area is 141 Å². The summed E-state index contributed by atoms with van der Waals surface area (Å²) in [6.45, 7) is 2.36. The van der Waals surface area contributed by atoms with Gasteiger partial charge in [0.05, 0.1) is 6.20 Å². The zero-order chi connectivity index (χ0) is 15.9. The third kappa shape index (κ3) is 2.40. The van der Waals surface area contributed by atoms with Crippen LogP contribution in [-0.4, -0.2) is 35.4 Å². The van der Waals surface area contributed by atoms with Gasteiger partial charge in [-0.25, -0.2) is 0 Å². The first-order chi connectivity index (χ1) is 11.9. The molecule has 0 amide bonds. The second-order valence-electron chi connectivity index (χ2n) is 6.79. The van der Waals surface area contributed by atoms with E-state index >= 15 is 0 Å². The van der Waals surface area contributed by atoms with Crippen LogP contribution in [0.3, 0.4) is 0 Å². The van der Waals surface area contributed by atoms with E-state index in [1.54, 1.807) is 12.4 Å². The van der Waals surface area contributed by atoms with Gasteiger partial charge in [0.1, 0.15) is 11.9 Å². The lowest BCUT2D eigenvalue weighted by molar-refractivity contribution is 0.141. The fourth-order valence-corrected chi connectivity index (χ4v) is 4.25. The zero-order valence-electron chi connectivity index (χ0n) is 13.4. The Bertz CT molecular complexity index is 737. The molecule has 2 bridgehead atoms. The van der Waals surface area contributed by atoms with Crippen LogP contribution in [0.4, 0.5) is 0 Å². The Morgan fingerprint density at radius 2 is 2.12 bits per heavy atom. The summed E-state index contributed by atoms with van der Waals surface area (Å²) < 4.78 is 17.1. The lowest BCUT2D eigenvalue weighted by atomic mass is 10.1. The summed E-state index contributed by atoms with van der Waals surface area (Å²) in [5, 5.41) is 0. The van der Waals surface area contributed by atoms with E-state index < -0.39 is 0 Å². The Balaban J connectivity index is 1.30. The van der Waals surface area contributed by atoms with Crippen molar-refractivity contribution in [2.45, 2.75) is 31.5 Å². The highest BCUT2D eigenvalue weighted by Gasteiger charge is 2.48. The van der Waals surface area contributed by atoms with Crippen molar-refractivity contribution >= 4 is 0 Å². The van der Waals surface area contributed by atoms with Gasteiger partial charge in [0.25, 0.3) is 0 Å². The number of ether oxygens (including phenoxy) is 3. The molecule has 1 aromatic carbocycles. The van der Waals surface area contributed by atoms with E-state index in [1.165, 1.54) is 18.4 Å². The van der Waals surface area contributed by atoms with Crippen LogP contribution in [0, 0.1) is 5.92 Å². The molecule has 2 fully saturated rings.